The van der Waals surface area contributed by atoms with Crippen molar-refractivity contribution in [3.05, 3.63) is 23.1 Å². The number of isocyanates is 1. The molecule has 0 atom stereocenters. The molecule has 3 nitrogen and oxygen atoms in total. The van der Waals surface area contributed by atoms with Crippen LogP contribution in [0.2, 0.25) is 0 Å². The molecule has 0 aliphatic rings. The summed E-state index contributed by atoms with van der Waals surface area (Å²) in [5.74, 6) is 0. The summed E-state index contributed by atoms with van der Waals surface area (Å²) in [5, 5.41) is 11.1. The van der Waals surface area contributed by atoms with E-state index in [1.807, 2.05) is 17.5 Å². The van der Waals surface area contributed by atoms with Crippen LogP contribution in [0.4, 0.5) is 5.00 Å². The number of rotatable bonds is 2. The largest absolute Gasteiger partial charge is 0.241 e. The molecule has 0 spiro atoms. The highest BCUT2D eigenvalue weighted by atomic mass is 32.1. The Balaban J connectivity index is 2.54. The van der Waals surface area contributed by atoms with Gasteiger partial charge >= 0.3 is 0 Å². The molecule has 72 valence electrons. The predicted octanol–water partition coefficient (Wildman–Crippen LogP) is 3.47. The van der Waals surface area contributed by atoms with Gasteiger partial charge in [-0.05, 0) is 12.1 Å². The van der Waals surface area contributed by atoms with Gasteiger partial charge in [0.15, 0.2) is 0 Å². The molecule has 0 aliphatic carbocycles. The lowest BCUT2D eigenvalue weighted by molar-refractivity contribution is 0.565. The minimum absolute atomic E-state index is 0.651. The Hall–Kier alpha value is -1.73. The van der Waals surface area contributed by atoms with E-state index in [2.05, 4.69) is 4.99 Å². The van der Waals surface area contributed by atoms with Crippen LogP contribution in [0.15, 0.2) is 22.5 Å². The maximum absolute atomic E-state index is 10.1. The molecule has 5 heteroatoms. The average molecular weight is 232 g/mol. The van der Waals surface area contributed by atoms with Gasteiger partial charge in [-0.25, -0.2) is 4.79 Å². The van der Waals surface area contributed by atoms with E-state index in [-0.39, 0.29) is 0 Å². The normalized spacial score (nSPS) is 10.3. The van der Waals surface area contributed by atoms with Crippen LogP contribution < -0.4 is 0 Å². The van der Waals surface area contributed by atoms with E-state index in [4.69, 9.17) is 5.26 Å². The quantitative estimate of drug-likeness (QED) is 0.452. The first-order valence-electron chi connectivity index (χ1n) is 4.00. The molecule has 0 saturated heterocycles. The summed E-state index contributed by atoms with van der Waals surface area (Å²) >= 11 is 3.00. The van der Waals surface area contributed by atoms with Crippen molar-refractivity contribution in [1.29, 1.82) is 5.26 Å². The molecule has 2 heterocycles. The first-order chi connectivity index (χ1) is 7.35. The number of carbonyl (C=O) groups excluding carboxylic acids is 1. The van der Waals surface area contributed by atoms with Gasteiger partial charge in [0.1, 0.15) is 5.00 Å². The third-order valence-corrected chi connectivity index (χ3v) is 3.91. The first-order valence-corrected chi connectivity index (χ1v) is 5.70. The third-order valence-electron chi connectivity index (χ3n) is 1.75. The fourth-order valence-electron chi connectivity index (χ4n) is 1.17. The van der Waals surface area contributed by atoms with E-state index < -0.39 is 0 Å². The van der Waals surface area contributed by atoms with Crippen LogP contribution >= 0.6 is 22.7 Å². The van der Waals surface area contributed by atoms with E-state index >= 15 is 0 Å². The molecule has 2 rings (SSSR count). The SMILES string of the molecule is N#C/C=C/c1csc2cc(N=C=O)sc12. The van der Waals surface area contributed by atoms with Crippen molar-refractivity contribution >= 4 is 49.2 Å². The van der Waals surface area contributed by atoms with Crippen molar-refractivity contribution in [3.63, 3.8) is 0 Å². The van der Waals surface area contributed by atoms with E-state index in [0.29, 0.717) is 5.00 Å². The lowest BCUT2D eigenvalue weighted by Crippen LogP contribution is -1.59. The second-order valence-corrected chi connectivity index (χ2v) is 4.58. The van der Waals surface area contributed by atoms with E-state index in [1.54, 1.807) is 17.4 Å². The zero-order valence-electron chi connectivity index (χ0n) is 7.43. The van der Waals surface area contributed by atoms with Gasteiger partial charge in [-0.15, -0.1) is 22.7 Å². The Morgan fingerprint density at radius 2 is 2.40 bits per heavy atom. The first kappa shape index (κ1) is 9.81. The second kappa shape index (κ2) is 4.20. The number of allylic oxidation sites excluding steroid dienone is 1. The lowest BCUT2D eigenvalue weighted by atomic mass is 10.3. The molecule has 0 fully saturated rings. The summed E-state index contributed by atoms with van der Waals surface area (Å²) in [6.45, 7) is 0. The van der Waals surface area contributed by atoms with Crippen molar-refractivity contribution in [2.24, 2.45) is 4.99 Å². The van der Waals surface area contributed by atoms with Crippen LogP contribution in [0.25, 0.3) is 15.5 Å². The molecule has 0 bridgehead atoms. The highest BCUT2D eigenvalue weighted by Gasteiger charge is 2.06. The van der Waals surface area contributed by atoms with Crippen molar-refractivity contribution in [3.8, 4) is 6.07 Å². The topological polar surface area (TPSA) is 53.2 Å². The van der Waals surface area contributed by atoms with Crippen molar-refractivity contribution in [2.75, 3.05) is 0 Å². The molecule has 0 aliphatic heterocycles. The molecular formula is C10H4N2OS2. The van der Waals surface area contributed by atoms with Crippen LogP contribution in [0.3, 0.4) is 0 Å². The minimum atomic E-state index is 0.651. The van der Waals surface area contributed by atoms with Gasteiger partial charge in [0.25, 0.3) is 0 Å². The molecule has 0 amide bonds. The van der Waals surface area contributed by atoms with Gasteiger partial charge in [-0.3, -0.25) is 0 Å². The zero-order chi connectivity index (χ0) is 10.7. The number of fused-ring (bicyclic) bond motifs is 1. The van der Waals surface area contributed by atoms with Crippen molar-refractivity contribution in [1.82, 2.24) is 0 Å². The summed E-state index contributed by atoms with van der Waals surface area (Å²) < 4.78 is 2.13. The second-order valence-electron chi connectivity index (χ2n) is 2.63. The van der Waals surface area contributed by atoms with Gasteiger partial charge in [-0.2, -0.15) is 10.3 Å². The highest BCUT2D eigenvalue weighted by molar-refractivity contribution is 7.29. The zero-order valence-corrected chi connectivity index (χ0v) is 9.06. The standard InChI is InChI=1S/C10H4N2OS2/c11-3-1-2-7-5-14-8-4-9(12-6-13)15-10(7)8/h1-2,4-5H/b2-1+. The summed E-state index contributed by atoms with van der Waals surface area (Å²) in [6.07, 6.45) is 4.71. The van der Waals surface area contributed by atoms with Gasteiger partial charge < -0.3 is 0 Å². The number of aliphatic imine (C=N–C) groups is 1. The monoisotopic (exact) mass is 232 g/mol. The number of hydrogen-bond acceptors (Lipinski definition) is 5. The van der Waals surface area contributed by atoms with Crippen LogP contribution in [0, 0.1) is 11.3 Å². The Morgan fingerprint density at radius 1 is 1.53 bits per heavy atom. The maximum Gasteiger partial charge on any atom is 0.241 e. The number of hydrogen-bond donors (Lipinski definition) is 0. The molecule has 0 radical (unpaired) electrons. The molecule has 15 heavy (non-hydrogen) atoms. The lowest BCUT2D eigenvalue weighted by Gasteiger charge is -1.81. The number of thiophene rings is 2. The van der Waals surface area contributed by atoms with Crippen LogP contribution in [-0.4, -0.2) is 6.08 Å². The van der Waals surface area contributed by atoms with Crippen molar-refractivity contribution < 1.29 is 4.79 Å². The van der Waals surface area contributed by atoms with Gasteiger partial charge in [0, 0.05) is 21.7 Å². The molecule has 0 saturated carbocycles. The minimum Gasteiger partial charge on any atom is -0.211 e. The smallest absolute Gasteiger partial charge is 0.211 e. The van der Waals surface area contributed by atoms with Gasteiger partial charge in [-0.1, -0.05) is 0 Å². The highest BCUT2D eigenvalue weighted by Crippen LogP contribution is 2.38. The Morgan fingerprint density at radius 3 is 3.13 bits per heavy atom. The fourth-order valence-corrected chi connectivity index (χ4v) is 3.32. The average Bonchev–Trinajstić information content (AvgIpc) is 2.76. The number of nitriles is 1. The molecule has 0 N–H and O–H groups in total. The summed E-state index contributed by atoms with van der Waals surface area (Å²) in [5.41, 5.74) is 0.994. The summed E-state index contributed by atoms with van der Waals surface area (Å²) in [4.78, 5) is 13.7. The fraction of sp³-hybridized carbons (Fsp3) is 0. The predicted molar refractivity (Wildman–Crippen MR) is 62.1 cm³/mol. The molecule has 0 aromatic carbocycles. The molecule has 2 aromatic heterocycles. The number of nitrogens with zero attached hydrogens (tertiary/aromatic N) is 2. The molecule has 0 unspecified atom stereocenters. The van der Waals surface area contributed by atoms with Gasteiger partial charge in [0.2, 0.25) is 6.08 Å². The molecular weight excluding hydrogens is 228 g/mol. The van der Waals surface area contributed by atoms with E-state index in [1.165, 1.54) is 23.5 Å². The van der Waals surface area contributed by atoms with E-state index in [9.17, 15) is 4.79 Å². The van der Waals surface area contributed by atoms with E-state index in [0.717, 1.165) is 15.0 Å². The van der Waals surface area contributed by atoms with Crippen LogP contribution in [0.5, 0.6) is 0 Å². The Labute approximate surface area is 93.6 Å². The van der Waals surface area contributed by atoms with Crippen molar-refractivity contribution in [2.45, 2.75) is 0 Å². The maximum atomic E-state index is 10.1. The summed E-state index contributed by atoms with van der Waals surface area (Å²) in [7, 11) is 0. The summed E-state index contributed by atoms with van der Waals surface area (Å²) in [6, 6.07) is 3.79. The van der Waals surface area contributed by atoms with Crippen LogP contribution in [0.1, 0.15) is 5.56 Å². The Bertz CT molecular complexity index is 609. The van der Waals surface area contributed by atoms with Crippen LogP contribution in [-0.2, 0) is 4.79 Å². The third kappa shape index (κ3) is 1.88. The Kier molecular flexibility index (Phi) is 2.75. The van der Waals surface area contributed by atoms with Gasteiger partial charge in [0.05, 0.1) is 10.8 Å². The molecule has 2 aromatic rings.